The third-order valence-corrected chi connectivity index (χ3v) is 9.89. The summed E-state index contributed by atoms with van der Waals surface area (Å²) >= 11 is 11.9. The van der Waals surface area contributed by atoms with Gasteiger partial charge in [-0.2, -0.15) is 0 Å². The minimum Gasteiger partial charge on any atom is -0.326 e. The van der Waals surface area contributed by atoms with Crippen molar-refractivity contribution in [2.45, 2.75) is 23.5 Å². The minimum atomic E-state index is -3.79. The van der Waals surface area contributed by atoms with Crippen LogP contribution in [0.25, 0.3) is 0 Å². The van der Waals surface area contributed by atoms with E-state index in [4.69, 9.17) is 23.2 Å². The highest BCUT2D eigenvalue weighted by Gasteiger charge is 2.32. The summed E-state index contributed by atoms with van der Waals surface area (Å²) in [5, 5.41) is 3.39. The number of hydrogen-bond donors (Lipinski definition) is 2. The van der Waals surface area contributed by atoms with Crippen molar-refractivity contribution in [2.24, 2.45) is 5.92 Å². The van der Waals surface area contributed by atoms with Crippen LogP contribution in [0.2, 0.25) is 10.0 Å². The van der Waals surface area contributed by atoms with Crippen LogP contribution in [0.5, 0.6) is 0 Å². The van der Waals surface area contributed by atoms with Crippen molar-refractivity contribution in [2.75, 3.05) is 23.1 Å². The highest BCUT2D eigenvalue weighted by atomic mass is 35.5. The van der Waals surface area contributed by atoms with Gasteiger partial charge in [-0.3, -0.25) is 9.52 Å². The molecule has 1 heterocycles. The van der Waals surface area contributed by atoms with Gasteiger partial charge in [-0.25, -0.2) is 21.1 Å². The van der Waals surface area contributed by atoms with Crippen molar-refractivity contribution in [3.8, 4) is 0 Å². The van der Waals surface area contributed by atoms with Gasteiger partial charge in [0.15, 0.2) is 0 Å². The molecule has 1 saturated heterocycles. The summed E-state index contributed by atoms with van der Waals surface area (Å²) in [6.07, 6.45) is 1.08. The molecule has 8 nitrogen and oxygen atoms in total. The predicted octanol–water partition coefficient (Wildman–Crippen LogP) is 4.97. The summed E-state index contributed by atoms with van der Waals surface area (Å²) in [4.78, 5) is 13.0. The van der Waals surface area contributed by atoms with E-state index in [2.05, 4.69) is 10.0 Å². The van der Waals surface area contributed by atoms with Gasteiger partial charge >= 0.3 is 0 Å². The predicted molar refractivity (Wildman–Crippen MR) is 146 cm³/mol. The fraction of sp³-hybridized carbons (Fsp3) is 0.240. The Morgan fingerprint density at radius 1 is 0.892 bits per heavy atom. The van der Waals surface area contributed by atoms with Crippen LogP contribution in [0, 0.1) is 5.92 Å². The summed E-state index contributed by atoms with van der Waals surface area (Å²) in [6.45, 7) is 0.386. The van der Waals surface area contributed by atoms with Crippen molar-refractivity contribution in [1.82, 2.24) is 4.31 Å². The van der Waals surface area contributed by atoms with Gasteiger partial charge in [0.1, 0.15) is 0 Å². The number of hydrogen-bond acceptors (Lipinski definition) is 5. The van der Waals surface area contributed by atoms with Gasteiger partial charge in [0, 0.05) is 24.5 Å². The Labute approximate surface area is 226 Å². The molecule has 3 aromatic carbocycles. The maximum atomic E-state index is 13.0. The molecule has 196 valence electrons. The van der Waals surface area contributed by atoms with Crippen molar-refractivity contribution in [1.29, 1.82) is 0 Å². The van der Waals surface area contributed by atoms with E-state index in [9.17, 15) is 21.6 Å². The van der Waals surface area contributed by atoms with Gasteiger partial charge in [-0.05, 0) is 66.9 Å². The molecule has 1 fully saturated rings. The lowest BCUT2D eigenvalue weighted by atomic mass is 9.99. The largest absolute Gasteiger partial charge is 0.326 e. The van der Waals surface area contributed by atoms with Crippen molar-refractivity contribution in [3.63, 3.8) is 0 Å². The Morgan fingerprint density at radius 2 is 1.59 bits per heavy atom. The summed E-state index contributed by atoms with van der Waals surface area (Å²) in [7, 11) is -7.46. The number of sulfonamides is 2. The molecule has 3 aromatic rings. The lowest BCUT2D eigenvalue weighted by Gasteiger charge is -2.31. The number of halogens is 2. The Kier molecular flexibility index (Phi) is 8.45. The summed E-state index contributed by atoms with van der Waals surface area (Å²) in [5.74, 6) is -1.11. The van der Waals surface area contributed by atoms with E-state index in [1.54, 1.807) is 42.5 Å². The second-order valence-electron chi connectivity index (χ2n) is 8.69. The first-order chi connectivity index (χ1) is 17.5. The Bertz CT molecular complexity index is 1480. The highest BCUT2D eigenvalue weighted by Crippen LogP contribution is 2.27. The number of carbonyl (C=O) groups is 1. The summed E-state index contributed by atoms with van der Waals surface area (Å²) < 4.78 is 55.0. The molecule has 1 atom stereocenters. The molecule has 37 heavy (non-hydrogen) atoms. The van der Waals surface area contributed by atoms with Crippen molar-refractivity contribution >= 4 is 60.5 Å². The maximum absolute atomic E-state index is 13.0. The molecular formula is C25H25Cl2N3O5S2. The number of para-hydroxylation sites is 1. The van der Waals surface area contributed by atoms with E-state index in [1.807, 2.05) is 0 Å². The van der Waals surface area contributed by atoms with Crippen molar-refractivity contribution in [3.05, 3.63) is 88.4 Å². The number of amides is 1. The fourth-order valence-electron chi connectivity index (χ4n) is 4.02. The minimum absolute atomic E-state index is 0.0478. The normalized spacial score (nSPS) is 16.8. The number of benzene rings is 3. The molecule has 2 N–H and O–H groups in total. The SMILES string of the molecule is O=C(Nc1ccc(S(=O)(=O)Nc2ccccc2)cc1)C1CCCN(S(=O)(=O)Cc2ccc(Cl)c(Cl)c2)C1. The highest BCUT2D eigenvalue weighted by molar-refractivity contribution is 7.92. The smallest absolute Gasteiger partial charge is 0.261 e. The number of piperidine rings is 1. The zero-order chi connectivity index (χ0) is 26.6. The molecule has 1 aliphatic heterocycles. The standard InChI is InChI=1S/C25H25Cl2N3O5S2/c26-23-13-8-18(15-24(23)27)17-36(32,33)30-14-4-5-19(16-30)25(31)28-20-9-11-22(12-10-20)37(34,35)29-21-6-2-1-3-7-21/h1-3,6-13,15,19,29H,4-5,14,16-17H2,(H,28,31). The number of nitrogens with one attached hydrogen (secondary N) is 2. The second kappa shape index (κ2) is 11.4. The first-order valence-electron chi connectivity index (χ1n) is 11.4. The number of nitrogens with zero attached hydrogens (tertiary/aromatic N) is 1. The van der Waals surface area contributed by atoms with Crippen LogP contribution in [-0.2, 0) is 30.6 Å². The number of anilines is 2. The average molecular weight is 583 g/mol. The molecule has 0 saturated carbocycles. The number of rotatable bonds is 8. The third kappa shape index (κ3) is 7.03. The Hall–Kier alpha value is -2.63. The van der Waals surface area contributed by atoms with Gasteiger partial charge in [-0.15, -0.1) is 0 Å². The van der Waals surface area contributed by atoms with E-state index in [-0.39, 0.29) is 28.1 Å². The van der Waals surface area contributed by atoms with Crippen LogP contribution >= 0.6 is 23.2 Å². The van der Waals surface area contributed by atoms with E-state index in [1.165, 1.54) is 34.6 Å². The Balaban J connectivity index is 1.38. The van der Waals surface area contributed by atoms with E-state index in [0.29, 0.717) is 41.3 Å². The molecule has 0 aliphatic carbocycles. The summed E-state index contributed by atoms with van der Waals surface area (Å²) in [6, 6.07) is 19.0. The van der Waals surface area contributed by atoms with Crippen LogP contribution in [0.1, 0.15) is 18.4 Å². The molecule has 0 bridgehead atoms. The monoisotopic (exact) mass is 581 g/mol. The average Bonchev–Trinajstić information content (AvgIpc) is 2.87. The fourth-order valence-corrected chi connectivity index (χ4v) is 7.00. The van der Waals surface area contributed by atoms with Crippen LogP contribution in [0.15, 0.2) is 77.7 Å². The quantitative estimate of drug-likeness (QED) is 0.389. The molecule has 1 unspecified atom stereocenters. The van der Waals surface area contributed by atoms with Gasteiger partial charge < -0.3 is 5.32 Å². The Morgan fingerprint density at radius 3 is 2.27 bits per heavy atom. The summed E-state index contributed by atoms with van der Waals surface area (Å²) in [5.41, 5.74) is 1.37. The lowest BCUT2D eigenvalue weighted by molar-refractivity contribution is -0.120. The van der Waals surface area contributed by atoms with Crippen LogP contribution in [0.4, 0.5) is 11.4 Å². The molecule has 1 amide bonds. The zero-order valence-electron chi connectivity index (χ0n) is 19.6. The van der Waals surface area contributed by atoms with E-state index < -0.39 is 26.0 Å². The molecule has 4 rings (SSSR count). The van der Waals surface area contributed by atoms with Crippen molar-refractivity contribution < 1.29 is 21.6 Å². The van der Waals surface area contributed by atoms with E-state index >= 15 is 0 Å². The van der Waals surface area contributed by atoms with E-state index in [0.717, 1.165) is 0 Å². The molecule has 1 aliphatic rings. The molecular weight excluding hydrogens is 557 g/mol. The molecule has 0 radical (unpaired) electrons. The van der Waals surface area contributed by atoms with Gasteiger partial charge in [0.2, 0.25) is 15.9 Å². The molecule has 12 heteroatoms. The topological polar surface area (TPSA) is 113 Å². The molecule has 0 aromatic heterocycles. The van der Waals surface area contributed by atoms with Crippen LogP contribution < -0.4 is 10.0 Å². The van der Waals surface area contributed by atoms with Gasteiger partial charge in [0.05, 0.1) is 26.6 Å². The lowest BCUT2D eigenvalue weighted by Crippen LogP contribution is -2.44. The first kappa shape index (κ1) is 27.4. The number of carbonyl (C=O) groups excluding carboxylic acids is 1. The van der Waals surface area contributed by atoms with Gasteiger partial charge in [0.25, 0.3) is 10.0 Å². The third-order valence-electron chi connectivity index (χ3n) is 5.94. The maximum Gasteiger partial charge on any atom is 0.261 e. The van der Waals surface area contributed by atoms with Gasteiger partial charge in [-0.1, -0.05) is 47.5 Å². The molecule has 0 spiro atoms. The van der Waals surface area contributed by atoms with Crippen LogP contribution in [-0.4, -0.2) is 40.1 Å². The first-order valence-corrected chi connectivity index (χ1v) is 15.3. The zero-order valence-corrected chi connectivity index (χ0v) is 22.7. The van der Waals surface area contributed by atoms with Crippen LogP contribution in [0.3, 0.4) is 0 Å². The second-order valence-corrected chi connectivity index (χ2v) is 13.2.